The van der Waals surface area contributed by atoms with E-state index in [0.29, 0.717) is 23.8 Å². The summed E-state index contributed by atoms with van der Waals surface area (Å²) in [5.74, 6) is 0.302. The van der Waals surface area contributed by atoms with Crippen LogP contribution in [0.3, 0.4) is 0 Å². The number of rotatable bonds is 4. The number of urea groups is 1. The lowest BCUT2D eigenvalue weighted by Crippen LogP contribution is -2.40. The molecule has 0 radical (unpaired) electrons. The normalized spacial score (nSPS) is 20.1. The van der Waals surface area contributed by atoms with Crippen molar-refractivity contribution in [1.82, 2.24) is 5.32 Å². The third kappa shape index (κ3) is 5.51. The molecule has 0 aromatic heterocycles. The van der Waals surface area contributed by atoms with E-state index >= 15 is 0 Å². The van der Waals surface area contributed by atoms with Crippen LogP contribution in [0.1, 0.15) is 31.2 Å². The highest BCUT2D eigenvalue weighted by Gasteiger charge is 2.23. The molecule has 0 bridgehead atoms. The third-order valence-electron chi connectivity index (χ3n) is 3.89. The molecule has 0 unspecified atom stereocenters. The molecular weight excluding hydrogens is 296 g/mol. The zero-order valence-electron chi connectivity index (χ0n) is 12.7. The van der Waals surface area contributed by atoms with Gasteiger partial charge in [0.25, 0.3) is 0 Å². The second kappa shape index (κ2) is 8.03. The number of primary amides is 1. The van der Waals surface area contributed by atoms with E-state index in [1.165, 1.54) is 0 Å². The average molecular weight is 316 g/mol. The van der Waals surface area contributed by atoms with Gasteiger partial charge in [-0.1, -0.05) is 6.07 Å². The minimum Gasteiger partial charge on any atom is -0.449 e. The lowest BCUT2D eigenvalue weighted by molar-refractivity contribution is 0.120. The summed E-state index contributed by atoms with van der Waals surface area (Å²) in [6, 6.07) is 8.60. The van der Waals surface area contributed by atoms with Crippen molar-refractivity contribution < 1.29 is 14.3 Å². The first-order chi connectivity index (χ1) is 11.1. The zero-order valence-corrected chi connectivity index (χ0v) is 12.7. The Morgan fingerprint density at radius 2 is 2.04 bits per heavy atom. The van der Waals surface area contributed by atoms with E-state index in [2.05, 4.69) is 10.6 Å². The van der Waals surface area contributed by atoms with Gasteiger partial charge < -0.3 is 21.1 Å². The van der Waals surface area contributed by atoms with Crippen molar-refractivity contribution >= 4 is 17.8 Å². The SMILES string of the molecule is N#Cc1cccc(NC(=O)NC2CCC(COC(N)=O)CC2)c1. The summed E-state index contributed by atoms with van der Waals surface area (Å²) in [6.45, 7) is 0.342. The number of carbonyl (C=O) groups is 2. The molecule has 1 fully saturated rings. The van der Waals surface area contributed by atoms with Gasteiger partial charge in [0, 0.05) is 11.7 Å². The molecular formula is C16H20N4O3. The van der Waals surface area contributed by atoms with Gasteiger partial charge in [0.1, 0.15) is 0 Å². The molecule has 1 aliphatic carbocycles. The molecule has 0 saturated heterocycles. The Balaban J connectivity index is 1.74. The molecule has 2 rings (SSSR count). The Hall–Kier alpha value is -2.75. The van der Waals surface area contributed by atoms with Gasteiger partial charge in [0.2, 0.25) is 0 Å². The molecule has 3 amide bonds. The van der Waals surface area contributed by atoms with Gasteiger partial charge in [-0.05, 0) is 49.8 Å². The van der Waals surface area contributed by atoms with Crippen LogP contribution in [0.15, 0.2) is 24.3 Å². The molecule has 1 aromatic rings. The van der Waals surface area contributed by atoms with Crippen LogP contribution in [0.2, 0.25) is 0 Å². The molecule has 0 atom stereocenters. The van der Waals surface area contributed by atoms with Crippen LogP contribution in [-0.2, 0) is 4.74 Å². The summed E-state index contributed by atoms with van der Waals surface area (Å²) in [5.41, 5.74) is 6.04. The summed E-state index contributed by atoms with van der Waals surface area (Å²) in [7, 11) is 0. The molecule has 1 aromatic carbocycles. The molecule has 4 N–H and O–H groups in total. The fraction of sp³-hybridized carbons (Fsp3) is 0.438. The van der Waals surface area contributed by atoms with Crippen molar-refractivity contribution in [2.75, 3.05) is 11.9 Å². The smallest absolute Gasteiger partial charge is 0.404 e. The lowest BCUT2D eigenvalue weighted by Gasteiger charge is -2.28. The minimum absolute atomic E-state index is 0.0963. The number of ether oxygens (including phenoxy) is 1. The number of benzene rings is 1. The molecule has 0 heterocycles. The fourth-order valence-electron chi connectivity index (χ4n) is 2.69. The number of amides is 3. The Kier molecular flexibility index (Phi) is 5.80. The van der Waals surface area contributed by atoms with Crippen molar-refractivity contribution in [2.24, 2.45) is 11.7 Å². The fourth-order valence-corrected chi connectivity index (χ4v) is 2.69. The van der Waals surface area contributed by atoms with E-state index in [1.54, 1.807) is 24.3 Å². The maximum absolute atomic E-state index is 12.0. The number of hydrogen-bond donors (Lipinski definition) is 3. The van der Waals surface area contributed by atoms with E-state index < -0.39 is 6.09 Å². The van der Waals surface area contributed by atoms with Gasteiger partial charge in [-0.3, -0.25) is 0 Å². The third-order valence-corrected chi connectivity index (χ3v) is 3.89. The van der Waals surface area contributed by atoms with Crippen molar-refractivity contribution in [1.29, 1.82) is 5.26 Å². The Morgan fingerprint density at radius 3 is 2.70 bits per heavy atom. The lowest BCUT2D eigenvalue weighted by atomic mass is 9.86. The van der Waals surface area contributed by atoms with Gasteiger partial charge in [0.15, 0.2) is 0 Å². The van der Waals surface area contributed by atoms with Crippen LogP contribution in [0, 0.1) is 17.2 Å². The van der Waals surface area contributed by atoms with Gasteiger partial charge >= 0.3 is 12.1 Å². The van der Waals surface area contributed by atoms with E-state index in [-0.39, 0.29) is 12.1 Å². The van der Waals surface area contributed by atoms with Gasteiger partial charge in [-0.25, -0.2) is 9.59 Å². The summed E-state index contributed by atoms with van der Waals surface area (Å²) in [4.78, 5) is 22.6. The highest BCUT2D eigenvalue weighted by atomic mass is 16.5. The van der Waals surface area contributed by atoms with E-state index in [9.17, 15) is 9.59 Å². The molecule has 1 saturated carbocycles. The number of nitrogens with one attached hydrogen (secondary N) is 2. The second-order valence-electron chi connectivity index (χ2n) is 5.64. The highest BCUT2D eigenvalue weighted by Crippen LogP contribution is 2.24. The van der Waals surface area contributed by atoms with E-state index in [1.807, 2.05) is 6.07 Å². The Bertz CT molecular complexity index is 604. The summed E-state index contributed by atoms with van der Waals surface area (Å²) in [5, 5.41) is 14.5. The maximum Gasteiger partial charge on any atom is 0.404 e. The monoisotopic (exact) mass is 316 g/mol. The standard InChI is InChI=1S/C16H20N4O3/c17-9-12-2-1-3-14(8-12)20-16(22)19-13-6-4-11(5-7-13)10-23-15(18)21/h1-3,8,11,13H,4-7,10H2,(H2,18,21)(H2,19,20,22). The highest BCUT2D eigenvalue weighted by molar-refractivity contribution is 5.89. The largest absolute Gasteiger partial charge is 0.449 e. The molecule has 1 aliphatic rings. The van der Waals surface area contributed by atoms with Gasteiger partial charge in [-0.15, -0.1) is 0 Å². The summed E-state index contributed by atoms with van der Waals surface area (Å²) >= 11 is 0. The molecule has 7 nitrogen and oxygen atoms in total. The minimum atomic E-state index is -0.746. The van der Waals surface area contributed by atoms with Gasteiger partial charge in [-0.2, -0.15) is 5.26 Å². The predicted molar refractivity (Wildman–Crippen MR) is 84.6 cm³/mol. The van der Waals surface area contributed by atoms with Crippen molar-refractivity contribution in [2.45, 2.75) is 31.7 Å². The van der Waals surface area contributed by atoms with Crippen molar-refractivity contribution in [3.8, 4) is 6.07 Å². The second-order valence-corrected chi connectivity index (χ2v) is 5.64. The van der Waals surface area contributed by atoms with Crippen LogP contribution in [0.25, 0.3) is 0 Å². The maximum atomic E-state index is 12.0. The van der Waals surface area contributed by atoms with Gasteiger partial charge in [0.05, 0.1) is 18.2 Å². The van der Waals surface area contributed by atoms with Crippen LogP contribution in [0.4, 0.5) is 15.3 Å². The van der Waals surface area contributed by atoms with E-state index in [0.717, 1.165) is 25.7 Å². The quantitative estimate of drug-likeness (QED) is 0.790. The van der Waals surface area contributed by atoms with Crippen molar-refractivity contribution in [3.63, 3.8) is 0 Å². The number of carbonyl (C=O) groups excluding carboxylic acids is 2. The Labute approximate surface area is 134 Å². The van der Waals surface area contributed by atoms with Crippen LogP contribution in [-0.4, -0.2) is 24.8 Å². The molecule has 0 spiro atoms. The molecule has 23 heavy (non-hydrogen) atoms. The predicted octanol–water partition coefficient (Wildman–Crippen LogP) is 2.33. The first-order valence-electron chi connectivity index (χ1n) is 7.56. The average Bonchev–Trinajstić information content (AvgIpc) is 2.54. The molecule has 7 heteroatoms. The number of hydrogen-bond acceptors (Lipinski definition) is 4. The summed E-state index contributed by atoms with van der Waals surface area (Å²) in [6.07, 6.45) is 2.67. The first-order valence-corrected chi connectivity index (χ1v) is 7.56. The van der Waals surface area contributed by atoms with Crippen LogP contribution in [0.5, 0.6) is 0 Å². The first kappa shape index (κ1) is 16.6. The van der Waals surface area contributed by atoms with Crippen LogP contribution < -0.4 is 16.4 Å². The van der Waals surface area contributed by atoms with E-state index in [4.69, 9.17) is 15.7 Å². The van der Waals surface area contributed by atoms with Crippen molar-refractivity contribution in [3.05, 3.63) is 29.8 Å². The number of nitrogens with two attached hydrogens (primary N) is 1. The number of nitriles is 1. The molecule has 0 aliphatic heterocycles. The number of anilines is 1. The summed E-state index contributed by atoms with van der Waals surface area (Å²) < 4.78 is 4.81. The topological polar surface area (TPSA) is 117 Å². The number of nitrogens with zero attached hydrogens (tertiary/aromatic N) is 1. The molecule has 122 valence electrons. The zero-order chi connectivity index (χ0) is 16.7. The van der Waals surface area contributed by atoms with Crippen LogP contribution >= 0.6 is 0 Å². The Morgan fingerprint density at radius 1 is 1.30 bits per heavy atom.